The first-order valence-electron chi connectivity index (χ1n) is 4.30. The molecule has 3 heteroatoms. The maximum Gasteiger partial charge on any atom is 0.237 e. The third kappa shape index (κ3) is 2.19. The summed E-state index contributed by atoms with van der Waals surface area (Å²) in [4.78, 5) is 11.1. The topological polar surface area (TPSA) is 55.1 Å². The highest BCUT2D eigenvalue weighted by Crippen LogP contribution is 2.17. The van der Waals surface area contributed by atoms with Crippen LogP contribution in [0.1, 0.15) is 32.6 Å². The molecule has 0 aliphatic heterocycles. The van der Waals surface area contributed by atoms with Crippen molar-refractivity contribution in [3.8, 4) is 0 Å². The Morgan fingerprint density at radius 2 is 2.36 bits per heavy atom. The predicted octanol–water partition coefficient (Wildman–Crippen LogP) is 0.392. The van der Waals surface area contributed by atoms with Crippen LogP contribution in [0, 0.1) is 0 Å². The van der Waals surface area contributed by atoms with Gasteiger partial charge in [0.25, 0.3) is 0 Å². The quantitative estimate of drug-likeness (QED) is 0.621. The normalized spacial score (nSPS) is 20.5. The van der Waals surface area contributed by atoms with Crippen LogP contribution in [0.25, 0.3) is 0 Å². The van der Waals surface area contributed by atoms with Crippen molar-refractivity contribution in [2.75, 3.05) is 0 Å². The van der Waals surface area contributed by atoms with E-state index in [4.69, 9.17) is 5.73 Å². The van der Waals surface area contributed by atoms with Gasteiger partial charge in [-0.1, -0.05) is 6.92 Å². The highest BCUT2D eigenvalue weighted by molar-refractivity contribution is 5.81. The summed E-state index contributed by atoms with van der Waals surface area (Å²) in [5.74, 6) is 0.0113. The van der Waals surface area contributed by atoms with Crippen LogP contribution in [0.2, 0.25) is 0 Å². The molecule has 1 atom stereocenters. The van der Waals surface area contributed by atoms with E-state index in [1.54, 1.807) is 0 Å². The first kappa shape index (κ1) is 8.53. The molecule has 0 aromatic rings. The molecule has 1 aliphatic rings. The molecular weight excluding hydrogens is 140 g/mol. The molecule has 3 nitrogen and oxygen atoms in total. The number of hydrogen-bond donors (Lipinski definition) is 2. The molecule has 1 amide bonds. The van der Waals surface area contributed by atoms with Crippen molar-refractivity contribution in [1.82, 2.24) is 5.32 Å². The Morgan fingerprint density at radius 1 is 1.73 bits per heavy atom. The van der Waals surface area contributed by atoms with Gasteiger partial charge in [0.15, 0.2) is 0 Å². The van der Waals surface area contributed by atoms with E-state index in [0.29, 0.717) is 6.04 Å². The summed E-state index contributed by atoms with van der Waals surface area (Å²) in [6.45, 7) is 1.92. The van der Waals surface area contributed by atoms with Crippen LogP contribution in [0.5, 0.6) is 0 Å². The van der Waals surface area contributed by atoms with Crippen LogP contribution in [-0.4, -0.2) is 18.0 Å². The van der Waals surface area contributed by atoms with Gasteiger partial charge in [0.1, 0.15) is 0 Å². The van der Waals surface area contributed by atoms with Gasteiger partial charge in [-0.25, -0.2) is 0 Å². The SMILES string of the molecule is CC[C@H](N)C(=O)NC1CCC1. The number of amides is 1. The van der Waals surface area contributed by atoms with Crippen molar-refractivity contribution in [2.45, 2.75) is 44.7 Å². The minimum Gasteiger partial charge on any atom is -0.352 e. The zero-order chi connectivity index (χ0) is 8.27. The van der Waals surface area contributed by atoms with E-state index in [2.05, 4.69) is 5.32 Å². The molecular formula is C8H16N2O. The second-order valence-electron chi connectivity index (χ2n) is 3.15. The summed E-state index contributed by atoms with van der Waals surface area (Å²) in [5, 5.41) is 2.90. The predicted molar refractivity (Wildman–Crippen MR) is 44.0 cm³/mol. The minimum atomic E-state index is -0.310. The van der Waals surface area contributed by atoms with E-state index >= 15 is 0 Å². The lowest BCUT2D eigenvalue weighted by atomic mass is 9.93. The lowest BCUT2D eigenvalue weighted by Crippen LogP contribution is -2.47. The Hall–Kier alpha value is -0.570. The van der Waals surface area contributed by atoms with E-state index in [1.165, 1.54) is 6.42 Å². The number of nitrogens with two attached hydrogens (primary N) is 1. The van der Waals surface area contributed by atoms with Crippen LogP contribution in [0.4, 0.5) is 0 Å². The number of carbonyl (C=O) groups is 1. The molecule has 1 fully saturated rings. The van der Waals surface area contributed by atoms with Gasteiger partial charge in [-0.05, 0) is 25.7 Å². The Morgan fingerprint density at radius 3 is 2.73 bits per heavy atom. The standard InChI is InChI=1S/C8H16N2O/c1-2-7(9)8(11)10-6-4-3-5-6/h6-7H,2-5,9H2,1H3,(H,10,11)/t7-/m0/s1. The molecule has 11 heavy (non-hydrogen) atoms. The zero-order valence-electron chi connectivity index (χ0n) is 6.97. The Bertz CT molecular complexity index is 143. The Labute approximate surface area is 67.3 Å². The molecule has 0 aromatic carbocycles. The highest BCUT2D eigenvalue weighted by atomic mass is 16.2. The van der Waals surface area contributed by atoms with Crippen LogP contribution < -0.4 is 11.1 Å². The molecule has 0 spiro atoms. The maximum atomic E-state index is 11.1. The molecule has 0 heterocycles. The Balaban J connectivity index is 2.19. The van der Waals surface area contributed by atoms with Gasteiger partial charge in [-0.2, -0.15) is 0 Å². The lowest BCUT2D eigenvalue weighted by Gasteiger charge is -2.27. The average Bonchev–Trinajstić information content (AvgIpc) is 1.94. The summed E-state index contributed by atoms with van der Waals surface area (Å²) < 4.78 is 0. The van der Waals surface area contributed by atoms with Crippen LogP contribution in [-0.2, 0) is 4.79 Å². The molecule has 0 saturated heterocycles. The summed E-state index contributed by atoms with van der Waals surface area (Å²) in [5.41, 5.74) is 5.53. The zero-order valence-corrected chi connectivity index (χ0v) is 6.97. The third-order valence-electron chi connectivity index (χ3n) is 2.23. The second-order valence-corrected chi connectivity index (χ2v) is 3.15. The third-order valence-corrected chi connectivity index (χ3v) is 2.23. The first-order valence-corrected chi connectivity index (χ1v) is 4.30. The smallest absolute Gasteiger partial charge is 0.237 e. The van der Waals surface area contributed by atoms with Gasteiger partial charge in [0.2, 0.25) is 5.91 Å². The van der Waals surface area contributed by atoms with Crippen molar-refractivity contribution in [3.63, 3.8) is 0 Å². The highest BCUT2D eigenvalue weighted by Gasteiger charge is 2.21. The lowest BCUT2D eigenvalue weighted by molar-refractivity contribution is -0.123. The summed E-state index contributed by atoms with van der Waals surface area (Å²) in [6, 6.07) is 0.107. The first-order chi connectivity index (χ1) is 5.24. The minimum absolute atomic E-state index is 0.0113. The van der Waals surface area contributed by atoms with E-state index in [9.17, 15) is 4.79 Å². The summed E-state index contributed by atoms with van der Waals surface area (Å²) >= 11 is 0. The molecule has 64 valence electrons. The molecule has 0 unspecified atom stereocenters. The second kappa shape index (κ2) is 3.72. The van der Waals surface area contributed by atoms with Crippen molar-refractivity contribution in [3.05, 3.63) is 0 Å². The number of nitrogens with one attached hydrogen (secondary N) is 1. The molecule has 1 saturated carbocycles. The molecule has 0 aromatic heterocycles. The molecule has 1 aliphatic carbocycles. The van der Waals surface area contributed by atoms with Crippen LogP contribution in [0.3, 0.4) is 0 Å². The van der Waals surface area contributed by atoms with Crippen LogP contribution >= 0.6 is 0 Å². The fourth-order valence-electron chi connectivity index (χ4n) is 1.05. The largest absolute Gasteiger partial charge is 0.352 e. The van der Waals surface area contributed by atoms with Gasteiger partial charge < -0.3 is 11.1 Å². The van der Waals surface area contributed by atoms with Crippen LogP contribution in [0.15, 0.2) is 0 Å². The summed E-state index contributed by atoms with van der Waals surface area (Å²) in [7, 11) is 0. The fraction of sp³-hybridized carbons (Fsp3) is 0.875. The number of rotatable bonds is 3. The van der Waals surface area contributed by atoms with Crippen molar-refractivity contribution in [2.24, 2.45) is 5.73 Å². The van der Waals surface area contributed by atoms with E-state index < -0.39 is 0 Å². The molecule has 1 rings (SSSR count). The molecule has 3 N–H and O–H groups in total. The Kier molecular flexibility index (Phi) is 2.88. The molecule has 0 bridgehead atoms. The average molecular weight is 156 g/mol. The van der Waals surface area contributed by atoms with E-state index in [0.717, 1.165) is 19.3 Å². The van der Waals surface area contributed by atoms with E-state index in [1.807, 2.05) is 6.92 Å². The van der Waals surface area contributed by atoms with Crippen molar-refractivity contribution < 1.29 is 4.79 Å². The monoisotopic (exact) mass is 156 g/mol. The van der Waals surface area contributed by atoms with Gasteiger partial charge in [0.05, 0.1) is 6.04 Å². The van der Waals surface area contributed by atoms with Crippen molar-refractivity contribution >= 4 is 5.91 Å². The number of hydrogen-bond acceptors (Lipinski definition) is 2. The van der Waals surface area contributed by atoms with Gasteiger partial charge in [0, 0.05) is 6.04 Å². The summed E-state index contributed by atoms with van der Waals surface area (Å²) in [6.07, 6.45) is 4.22. The maximum absolute atomic E-state index is 11.1. The molecule has 0 radical (unpaired) electrons. The van der Waals surface area contributed by atoms with Gasteiger partial charge >= 0.3 is 0 Å². The fourth-order valence-corrected chi connectivity index (χ4v) is 1.05. The van der Waals surface area contributed by atoms with Gasteiger partial charge in [-0.15, -0.1) is 0 Å². The number of carbonyl (C=O) groups excluding carboxylic acids is 1. The van der Waals surface area contributed by atoms with E-state index in [-0.39, 0.29) is 11.9 Å². The van der Waals surface area contributed by atoms with Crippen molar-refractivity contribution in [1.29, 1.82) is 0 Å². The van der Waals surface area contributed by atoms with Gasteiger partial charge in [-0.3, -0.25) is 4.79 Å².